The van der Waals surface area contributed by atoms with Crippen molar-refractivity contribution in [2.24, 2.45) is 0 Å². The Balaban J connectivity index is 2.34. The van der Waals surface area contributed by atoms with Crippen LogP contribution in [0.2, 0.25) is 0 Å². The Morgan fingerprint density at radius 3 is 2.43 bits per heavy atom. The molecule has 0 aromatic heterocycles. The quantitative estimate of drug-likeness (QED) is 0.365. The Morgan fingerprint density at radius 1 is 1.21 bits per heavy atom. The second-order valence-corrected chi connectivity index (χ2v) is 3.24. The zero-order valence-electron chi connectivity index (χ0n) is 7.10. The molecule has 14 heavy (non-hydrogen) atoms. The lowest BCUT2D eigenvalue weighted by molar-refractivity contribution is 0.0788. The van der Waals surface area contributed by atoms with Crippen LogP contribution in [-0.2, 0) is 16.1 Å². The molecule has 0 heterocycles. The molecule has 0 saturated carbocycles. The number of benzene rings is 1. The molecular formula is C9H7IO4. The Kier molecular flexibility index (Phi) is 4.37. The fraction of sp³-hybridized carbons (Fsp3) is 0.111. The fourth-order valence-corrected chi connectivity index (χ4v) is 0.991. The summed E-state index contributed by atoms with van der Waals surface area (Å²) in [4.78, 5) is 21.1. The van der Waals surface area contributed by atoms with Crippen LogP contribution < -0.4 is 0 Å². The maximum Gasteiger partial charge on any atom is 0.517 e. The van der Waals surface area contributed by atoms with Gasteiger partial charge in [0.2, 0.25) is 0 Å². The summed E-state index contributed by atoms with van der Waals surface area (Å²) >= 11 is 1.35. The van der Waals surface area contributed by atoms with E-state index in [4.69, 9.17) is 0 Å². The molecule has 5 heteroatoms. The molecule has 0 aliphatic rings. The fourth-order valence-electron chi connectivity index (χ4n) is 0.811. The average Bonchev–Trinajstić information content (AvgIpc) is 2.15. The van der Waals surface area contributed by atoms with Crippen molar-refractivity contribution >= 4 is 32.7 Å². The number of carbonyl (C=O) groups is 2. The summed E-state index contributed by atoms with van der Waals surface area (Å²) in [6.45, 7) is 0.101. The normalized spacial score (nSPS) is 9.21. The predicted molar refractivity (Wildman–Crippen MR) is 57.1 cm³/mol. The average molecular weight is 306 g/mol. The molecule has 0 N–H and O–H groups in total. The van der Waals surface area contributed by atoms with Gasteiger partial charge < -0.3 is 9.47 Å². The van der Waals surface area contributed by atoms with Crippen molar-refractivity contribution in [3.05, 3.63) is 35.9 Å². The molecule has 0 fully saturated rings. The van der Waals surface area contributed by atoms with E-state index in [1.165, 1.54) is 22.6 Å². The molecule has 0 aliphatic carbocycles. The monoisotopic (exact) mass is 306 g/mol. The number of carbonyl (C=O) groups excluding carboxylic acids is 2. The Bertz CT molecular complexity index is 323. The van der Waals surface area contributed by atoms with Crippen LogP contribution in [0, 0.1) is 0 Å². The standard InChI is InChI=1S/C9H7IO4/c10-8(11)14-9(12)13-6-7-4-2-1-3-5-7/h1-5H,6H2. The van der Waals surface area contributed by atoms with Crippen LogP contribution in [0.25, 0.3) is 0 Å². The molecule has 1 aromatic carbocycles. The third-order valence-corrected chi connectivity index (χ3v) is 1.58. The van der Waals surface area contributed by atoms with Crippen LogP contribution in [0.5, 0.6) is 0 Å². The van der Waals surface area contributed by atoms with Crippen LogP contribution in [0.15, 0.2) is 30.3 Å². The van der Waals surface area contributed by atoms with Gasteiger partial charge in [0.25, 0.3) is 0 Å². The molecule has 0 spiro atoms. The minimum absolute atomic E-state index is 0.101. The van der Waals surface area contributed by atoms with Crippen LogP contribution >= 0.6 is 22.6 Å². The molecule has 74 valence electrons. The van der Waals surface area contributed by atoms with Crippen molar-refractivity contribution < 1.29 is 19.1 Å². The first-order valence-corrected chi connectivity index (χ1v) is 4.84. The SMILES string of the molecule is O=C(I)OC(=O)OCc1ccccc1. The van der Waals surface area contributed by atoms with Crippen LogP contribution in [-0.4, -0.2) is 10.1 Å². The van der Waals surface area contributed by atoms with E-state index in [2.05, 4.69) is 9.47 Å². The van der Waals surface area contributed by atoms with Gasteiger partial charge in [-0.15, -0.1) is 0 Å². The van der Waals surface area contributed by atoms with Gasteiger partial charge >= 0.3 is 10.1 Å². The lowest BCUT2D eigenvalue weighted by Crippen LogP contribution is -2.08. The first kappa shape index (κ1) is 11.0. The van der Waals surface area contributed by atoms with Crippen molar-refractivity contribution in [3.63, 3.8) is 0 Å². The molecular weight excluding hydrogens is 299 g/mol. The number of hydrogen-bond acceptors (Lipinski definition) is 4. The first-order chi connectivity index (χ1) is 6.68. The first-order valence-electron chi connectivity index (χ1n) is 3.76. The van der Waals surface area contributed by atoms with Gasteiger partial charge in [0.1, 0.15) is 6.61 Å². The molecule has 0 aliphatic heterocycles. The lowest BCUT2D eigenvalue weighted by Gasteiger charge is -2.02. The van der Waals surface area contributed by atoms with E-state index in [9.17, 15) is 9.59 Å². The summed E-state index contributed by atoms with van der Waals surface area (Å²) < 4.78 is 8.10. The van der Waals surface area contributed by atoms with Crippen molar-refractivity contribution in [2.75, 3.05) is 0 Å². The highest BCUT2D eigenvalue weighted by atomic mass is 127. The number of rotatable bonds is 2. The van der Waals surface area contributed by atoms with E-state index in [-0.39, 0.29) is 6.61 Å². The number of hydrogen-bond donors (Lipinski definition) is 0. The van der Waals surface area contributed by atoms with Crippen molar-refractivity contribution in [1.82, 2.24) is 0 Å². The van der Waals surface area contributed by atoms with E-state index in [1.807, 2.05) is 18.2 Å². The van der Waals surface area contributed by atoms with Crippen LogP contribution in [0.1, 0.15) is 5.56 Å². The molecule has 0 saturated heterocycles. The number of ether oxygens (including phenoxy) is 2. The van der Waals surface area contributed by atoms with Crippen molar-refractivity contribution in [3.8, 4) is 0 Å². The minimum Gasteiger partial charge on any atom is -0.429 e. The highest BCUT2D eigenvalue weighted by Crippen LogP contribution is 2.02. The molecule has 1 rings (SSSR count). The Labute approximate surface area is 94.3 Å². The zero-order chi connectivity index (χ0) is 10.4. The molecule has 0 radical (unpaired) electrons. The Hall–Kier alpha value is -1.11. The summed E-state index contributed by atoms with van der Waals surface area (Å²) in [6.07, 6.45) is -0.978. The smallest absolute Gasteiger partial charge is 0.429 e. The van der Waals surface area contributed by atoms with Gasteiger partial charge in [-0.1, -0.05) is 30.3 Å². The third-order valence-electron chi connectivity index (χ3n) is 1.36. The second kappa shape index (κ2) is 5.58. The van der Waals surface area contributed by atoms with E-state index in [0.29, 0.717) is 0 Å². The highest BCUT2D eigenvalue weighted by Gasteiger charge is 2.07. The van der Waals surface area contributed by atoms with Gasteiger partial charge in [-0.05, 0) is 5.56 Å². The molecule has 0 unspecified atom stereocenters. The maximum atomic E-state index is 10.8. The van der Waals surface area contributed by atoms with Gasteiger partial charge in [-0.2, -0.15) is 0 Å². The zero-order valence-corrected chi connectivity index (χ0v) is 9.26. The van der Waals surface area contributed by atoms with Crippen molar-refractivity contribution in [2.45, 2.75) is 6.61 Å². The summed E-state index contributed by atoms with van der Waals surface area (Å²) in [5.41, 5.74) is 0.838. The molecule has 0 amide bonds. The van der Waals surface area contributed by atoms with Gasteiger partial charge in [0.05, 0.1) is 22.6 Å². The topological polar surface area (TPSA) is 52.6 Å². The summed E-state index contributed by atoms with van der Waals surface area (Å²) in [7, 11) is 0. The molecule has 4 nitrogen and oxygen atoms in total. The van der Waals surface area contributed by atoms with Gasteiger partial charge in [-0.25, -0.2) is 9.59 Å². The summed E-state index contributed by atoms with van der Waals surface area (Å²) in [5.74, 6) is 0. The van der Waals surface area contributed by atoms with Crippen molar-refractivity contribution in [1.29, 1.82) is 0 Å². The third kappa shape index (κ3) is 4.22. The predicted octanol–water partition coefficient (Wildman–Crippen LogP) is 2.89. The summed E-state index contributed by atoms with van der Waals surface area (Å²) in [5, 5.41) is 0. The molecule has 0 bridgehead atoms. The van der Waals surface area contributed by atoms with E-state index >= 15 is 0 Å². The molecule has 1 aromatic rings. The van der Waals surface area contributed by atoms with Crippen LogP contribution in [0.3, 0.4) is 0 Å². The van der Waals surface area contributed by atoms with E-state index < -0.39 is 10.1 Å². The minimum atomic E-state index is -0.978. The van der Waals surface area contributed by atoms with E-state index in [1.54, 1.807) is 12.1 Å². The lowest BCUT2D eigenvalue weighted by atomic mass is 10.2. The van der Waals surface area contributed by atoms with Gasteiger partial charge in [0.15, 0.2) is 0 Å². The van der Waals surface area contributed by atoms with Gasteiger partial charge in [-0.3, -0.25) is 0 Å². The van der Waals surface area contributed by atoms with E-state index in [0.717, 1.165) is 5.56 Å². The largest absolute Gasteiger partial charge is 0.517 e. The summed E-state index contributed by atoms with van der Waals surface area (Å²) in [6, 6.07) is 9.12. The molecule has 0 atom stereocenters. The second-order valence-electron chi connectivity index (χ2n) is 2.36. The maximum absolute atomic E-state index is 10.8. The van der Waals surface area contributed by atoms with Crippen LogP contribution in [0.4, 0.5) is 9.59 Å². The number of halogens is 1. The van der Waals surface area contributed by atoms with Gasteiger partial charge in [0, 0.05) is 0 Å². The highest BCUT2D eigenvalue weighted by molar-refractivity contribution is 14.1. The Morgan fingerprint density at radius 2 is 1.86 bits per heavy atom.